The lowest BCUT2D eigenvalue weighted by Gasteiger charge is -2.14. The molecule has 0 radical (unpaired) electrons. The molecule has 1 N–H and O–H groups in total. The Hall–Kier alpha value is -0.570. The van der Waals surface area contributed by atoms with E-state index in [4.69, 9.17) is 0 Å². The Kier molecular flexibility index (Phi) is 1.69. The van der Waals surface area contributed by atoms with Gasteiger partial charge in [0.1, 0.15) is 0 Å². The summed E-state index contributed by atoms with van der Waals surface area (Å²) in [4.78, 5) is 13.2. The lowest BCUT2D eigenvalue weighted by Crippen LogP contribution is -2.29. The Morgan fingerprint density at radius 1 is 1.50 bits per heavy atom. The molecule has 2 unspecified atom stereocenters. The van der Waals surface area contributed by atoms with Gasteiger partial charge in [0.25, 0.3) is 0 Å². The minimum Gasteiger partial charge on any atom is -0.342 e. The van der Waals surface area contributed by atoms with Gasteiger partial charge in [-0.25, -0.2) is 0 Å². The molecule has 2 aliphatic carbocycles. The zero-order valence-electron chi connectivity index (χ0n) is 8.75. The van der Waals surface area contributed by atoms with Crippen LogP contribution in [0.25, 0.3) is 0 Å². The van der Waals surface area contributed by atoms with Gasteiger partial charge in [0, 0.05) is 37.5 Å². The minimum atomic E-state index is 0.249. The maximum absolute atomic E-state index is 11.2. The van der Waals surface area contributed by atoms with E-state index in [1.165, 1.54) is 25.7 Å². The highest BCUT2D eigenvalue weighted by atomic mass is 16.2. The quantitative estimate of drug-likeness (QED) is 0.703. The summed E-state index contributed by atoms with van der Waals surface area (Å²) in [6.45, 7) is 3.68. The summed E-state index contributed by atoms with van der Waals surface area (Å²) in [5, 5.41) is 3.68. The molecular weight excluding hydrogens is 176 g/mol. The summed E-state index contributed by atoms with van der Waals surface area (Å²) >= 11 is 0. The molecule has 78 valence electrons. The Morgan fingerprint density at radius 2 is 2.29 bits per heavy atom. The highest BCUT2D eigenvalue weighted by molar-refractivity contribution is 5.73. The Bertz CT molecular complexity index is 274. The standard InChI is InChI=1S/C11H18N2O/c1-8(14)13-5-4-11(7-13)6-10(11)12-9-2-3-9/h9-10,12H,2-7H2,1H3. The van der Waals surface area contributed by atoms with Gasteiger partial charge < -0.3 is 10.2 Å². The highest BCUT2D eigenvalue weighted by Gasteiger charge is 2.58. The van der Waals surface area contributed by atoms with Crippen molar-refractivity contribution in [3.05, 3.63) is 0 Å². The molecule has 1 spiro atoms. The molecule has 0 aromatic carbocycles. The summed E-state index contributed by atoms with van der Waals surface area (Å²) in [6, 6.07) is 1.53. The molecule has 2 saturated carbocycles. The summed E-state index contributed by atoms with van der Waals surface area (Å²) in [5.41, 5.74) is 0.480. The molecule has 1 amide bonds. The molecule has 1 aliphatic heterocycles. The van der Waals surface area contributed by atoms with Gasteiger partial charge in [0.15, 0.2) is 0 Å². The monoisotopic (exact) mass is 194 g/mol. The van der Waals surface area contributed by atoms with Crippen LogP contribution in [0.5, 0.6) is 0 Å². The summed E-state index contributed by atoms with van der Waals surface area (Å²) in [5.74, 6) is 0.249. The second-order valence-electron chi connectivity index (χ2n) is 5.25. The van der Waals surface area contributed by atoms with E-state index < -0.39 is 0 Å². The Labute approximate surface area is 84.8 Å². The van der Waals surface area contributed by atoms with Gasteiger partial charge in [-0.15, -0.1) is 0 Å². The van der Waals surface area contributed by atoms with Crippen molar-refractivity contribution in [3.8, 4) is 0 Å². The second-order valence-corrected chi connectivity index (χ2v) is 5.25. The predicted molar refractivity (Wildman–Crippen MR) is 53.9 cm³/mol. The number of amides is 1. The molecule has 1 heterocycles. The molecule has 0 aromatic heterocycles. The average molecular weight is 194 g/mol. The summed E-state index contributed by atoms with van der Waals surface area (Å²) < 4.78 is 0. The summed E-state index contributed by atoms with van der Waals surface area (Å²) in [6.07, 6.45) is 5.25. The van der Waals surface area contributed by atoms with Gasteiger partial charge in [-0.3, -0.25) is 4.79 Å². The van der Waals surface area contributed by atoms with Crippen LogP contribution in [-0.4, -0.2) is 36.0 Å². The van der Waals surface area contributed by atoms with Gasteiger partial charge in [0.05, 0.1) is 0 Å². The first kappa shape index (κ1) is 8.72. The molecule has 3 heteroatoms. The van der Waals surface area contributed by atoms with E-state index in [2.05, 4.69) is 5.32 Å². The third-order valence-corrected chi connectivity index (χ3v) is 4.03. The van der Waals surface area contributed by atoms with E-state index in [1.54, 1.807) is 6.92 Å². The number of likely N-dealkylation sites (tertiary alicyclic amines) is 1. The first-order valence-corrected chi connectivity index (χ1v) is 5.71. The van der Waals surface area contributed by atoms with Gasteiger partial charge >= 0.3 is 0 Å². The van der Waals surface area contributed by atoms with E-state index in [9.17, 15) is 4.79 Å². The third kappa shape index (κ3) is 1.34. The van der Waals surface area contributed by atoms with Crippen molar-refractivity contribution in [1.29, 1.82) is 0 Å². The molecule has 1 saturated heterocycles. The molecule has 3 rings (SSSR count). The first-order chi connectivity index (χ1) is 6.70. The Morgan fingerprint density at radius 3 is 2.86 bits per heavy atom. The van der Waals surface area contributed by atoms with Crippen molar-refractivity contribution >= 4 is 5.91 Å². The first-order valence-electron chi connectivity index (χ1n) is 5.71. The van der Waals surface area contributed by atoms with Gasteiger partial charge in [-0.05, 0) is 25.7 Å². The van der Waals surface area contributed by atoms with Crippen LogP contribution < -0.4 is 5.32 Å². The van der Waals surface area contributed by atoms with Crippen LogP contribution in [0.4, 0.5) is 0 Å². The number of carbonyl (C=O) groups is 1. The maximum Gasteiger partial charge on any atom is 0.219 e. The van der Waals surface area contributed by atoms with Gasteiger partial charge in [-0.2, -0.15) is 0 Å². The predicted octanol–water partition coefficient (Wildman–Crippen LogP) is 0.749. The number of rotatable bonds is 2. The topological polar surface area (TPSA) is 32.3 Å². The average Bonchev–Trinajstić information content (AvgIpc) is 2.98. The molecule has 3 nitrogen and oxygen atoms in total. The fourth-order valence-corrected chi connectivity index (χ4v) is 2.73. The number of hydrogen-bond donors (Lipinski definition) is 1. The van der Waals surface area contributed by atoms with E-state index in [1.807, 2.05) is 4.90 Å². The molecule has 3 aliphatic rings. The van der Waals surface area contributed by atoms with Crippen LogP contribution in [0.3, 0.4) is 0 Å². The zero-order valence-corrected chi connectivity index (χ0v) is 8.75. The van der Waals surface area contributed by atoms with Crippen LogP contribution in [-0.2, 0) is 4.79 Å². The molecular formula is C11H18N2O. The largest absolute Gasteiger partial charge is 0.342 e. The van der Waals surface area contributed by atoms with Crippen LogP contribution >= 0.6 is 0 Å². The van der Waals surface area contributed by atoms with E-state index in [0.717, 1.165) is 25.2 Å². The molecule has 2 atom stereocenters. The lowest BCUT2D eigenvalue weighted by molar-refractivity contribution is -0.127. The van der Waals surface area contributed by atoms with Crippen LogP contribution in [0.1, 0.15) is 32.6 Å². The van der Waals surface area contributed by atoms with Crippen LogP contribution in [0.2, 0.25) is 0 Å². The van der Waals surface area contributed by atoms with Crippen molar-refractivity contribution < 1.29 is 4.79 Å². The molecule has 0 bridgehead atoms. The van der Waals surface area contributed by atoms with Crippen LogP contribution in [0, 0.1) is 5.41 Å². The van der Waals surface area contributed by atoms with E-state index >= 15 is 0 Å². The smallest absolute Gasteiger partial charge is 0.219 e. The molecule has 0 aromatic rings. The van der Waals surface area contributed by atoms with Crippen molar-refractivity contribution in [2.75, 3.05) is 13.1 Å². The molecule has 14 heavy (non-hydrogen) atoms. The summed E-state index contributed by atoms with van der Waals surface area (Å²) in [7, 11) is 0. The Balaban J connectivity index is 1.57. The number of nitrogens with one attached hydrogen (secondary N) is 1. The molecule has 3 fully saturated rings. The second kappa shape index (κ2) is 2.72. The van der Waals surface area contributed by atoms with E-state index in [-0.39, 0.29) is 5.91 Å². The minimum absolute atomic E-state index is 0.249. The van der Waals surface area contributed by atoms with Gasteiger partial charge in [-0.1, -0.05) is 0 Å². The van der Waals surface area contributed by atoms with E-state index in [0.29, 0.717) is 5.41 Å². The normalized spacial score (nSPS) is 40.6. The van der Waals surface area contributed by atoms with Crippen molar-refractivity contribution in [2.24, 2.45) is 5.41 Å². The van der Waals surface area contributed by atoms with Gasteiger partial charge in [0.2, 0.25) is 5.91 Å². The fourth-order valence-electron chi connectivity index (χ4n) is 2.73. The van der Waals surface area contributed by atoms with Crippen molar-refractivity contribution in [1.82, 2.24) is 10.2 Å². The number of carbonyl (C=O) groups excluding carboxylic acids is 1. The number of hydrogen-bond acceptors (Lipinski definition) is 2. The zero-order chi connectivity index (χ0) is 9.76. The third-order valence-electron chi connectivity index (χ3n) is 4.03. The maximum atomic E-state index is 11.2. The van der Waals surface area contributed by atoms with Crippen molar-refractivity contribution in [2.45, 2.75) is 44.7 Å². The fraction of sp³-hybridized carbons (Fsp3) is 0.909. The van der Waals surface area contributed by atoms with Crippen molar-refractivity contribution in [3.63, 3.8) is 0 Å². The lowest BCUT2D eigenvalue weighted by atomic mass is 10.1. The number of nitrogens with zero attached hydrogens (tertiary/aromatic N) is 1. The SMILES string of the molecule is CC(=O)N1CCC2(CC2NC2CC2)C1. The van der Waals surface area contributed by atoms with Crippen LogP contribution in [0.15, 0.2) is 0 Å². The highest BCUT2D eigenvalue weighted by Crippen LogP contribution is 2.53.